The Morgan fingerprint density at radius 3 is 2.83 bits per heavy atom. The summed E-state index contributed by atoms with van der Waals surface area (Å²) in [5.41, 5.74) is 0.00685. The number of hydrogen-bond acceptors (Lipinski definition) is 4. The maximum atomic E-state index is 9.25. The quantitative estimate of drug-likeness (QED) is 0.379. The van der Waals surface area contributed by atoms with Gasteiger partial charge in [-0.15, -0.1) is 0 Å². The van der Waals surface area contributed by atoms with Crippen LogP contribution in [0.1, 0.15) is 12.8 Å². The van der Waals surface area contributed by atoms with E-state index < -0.39 is 0 Å². The molecule has 1 heterocycles. The number of rotatable bonds is 8. The number of para-hydroxylation sites is 1. The number of hydrogen-bond donors (Lipinski definition) is 3. The van der Waals surface area contributed by atoms with E-state index in [0.717, 1.165) is 37.7 Å². The van der Waals surface area contributed by atoms with Crippen molar-refractivity contribution in [2.24, 2.45) is 10.4 Å². The smallest absolute Gasteiger partial charge is 0.191 e. The van der Waals surface area contributed by atoms with Crippen molar-refractivity contribution in [3.63, 3.8) is 0 Å². The third-order valence-corrected chi connectivity index (χ3v) is 4.09. The molecule has 1 atom stereocenters. The molecule has 6 heteroatoms. The average molecular weight is 321 g/mol. The fourth-order valence-electron chi connectivity index (χ4n) is 2.66. The normalized spacial score (nSPS) is 21.2. The Bertz CT molecular complexity index is 473. The maximum absolute atomic E-state index is 9.25. The molecule has 0 saturated carbocycles. The van der Waals surface area contributed by atoms with Crippen LogP contribution in [-0.4, -0.2) is 57.6 Å². The summed E-state index contributed by atoms with van der Waals surface area (Å²) in [5, 5.41) is 15.8. The lowest BCUT2D eigenvalue weighted by Crippen LogP contribution is -2.45. The Morgan fingerprint density at radius 1 is 1.35 bits per heavy atom. The highest BCUT2D eigenvalue weighted by Crippen LogP contribution is 2.31. The second-order valence-corrected chi connectivity index (χ2v) is 5.79. The van der Waals surface area contributed by atoms with Crippen molar-refractivity contribution in [1.29, 1.82) is 0 Å². The first-order valence-corrected chi connectivity index (χ1v) is 8.09. The van der Waals surface area contributed by atoms with Crippen LogP contribution in [0.25, 0.3) is 0 Å². The third-order valence-electron chi connectivity index (χ3n) is 4.09. The van der Waals surface area contributed by atoms with E-state index in [1.54, 1.807) is 7.05 Å². The Balaban J connectivity index is 1.69. The Morgan fingerprint density at radius 2 is 2.17 bits per heavy atom. The SMILES string of the molecule is CN=C(NCCOc1ccccc1)NCC1(CCO)CCOC1. The number of benzene rings is 1. The lowest BCUT2D eigenvalue weighted by molar-refractivity contribution is 0.127. The number of nitrogens with zero attached hydrogens (tertiary/aromatic N) is 1. The predicted molar refractivity (Wildman–Crippen MR) is 90.9 cm³/mol. The molecule has 23 heavy (non-hydrogen) atoms. The molecule has 0 aliphatic carbocycles. The highest BCUT2D eigenvalue weighted by molar-refractivity contribution is 5.79. The molecule has 128 valence electrons. The van der Waals surface area contributed by atoms with Gasteiger partial charge >= 0.3 is 0 Å². The minimum atomic E-state index is 0.00685. The van der Waals surface area contributed by atoms with Crippen LogP contribution in [0.15, 0.2) is 35.3 Å². The van der Waals surface area contributed by atoms with Crippen molar-refractivity contribution in [3.05, 3.63) is 30.3 Å². The van der Waals surface area contributed by atoms with E-state index in [0.29, 0.717) is 19.8 Å². The second-order valence-electron chi connectivity index (χ2n) is 5.79. The summed E-state index contributed by atoms with van der Waals surface area (Å²) < 4.78 is 11.1. The lowest BCUT2D eigenvalue weighted by atomic mass is 9.84. The van der Waals surface area contributed by atoms with Crippen molar-refractivity contribution in [3.8, 4) is 5.75 Å². The number of aliphatic imine (C=N–C) groups is 1. The molecular formula is C17H27N3O3. The summed E-state index contributed by atoms with van der Waals surface area (Å²) in [4.78, 5) is 4.22. The van der Waals surface area contributed by atoms with Crippen LogP contribution in [-0.2, 0) is 4.74 Å². The van der Waals surface area contributed by atoms with E-state index in [-0.39, 0.29) is 12.0 Å². The van der Waals surface area contributed by atoms with Gasteiger partial charge < -0.3 is 25.2 Å². The molecule has 0 bridgehead atoms. The van der Waals surface area contributed by atoms with Gasteiger partial charge in [-0.3, -0.25) is 4.99 Å². The lowest BCUT2D eigenvalue weighted by Gasteiger charge is -2.27. The van der Waals surface area contributed by atoms with Gasteiger partial charge in [0.25, 0.3) is 0 Å². The molecule has 3 N–H and O–H groups in total. The Kier molecular flexibility index (Phi) is 7.16. The van der Waals surface area contributed by atoms with E-state index in [2.05, 4.69) is 15.6 Å². The summed E-state index contributed by atoms with van der Waals surface area (Å²) in [6.45, 7) is 3.61. The van der Waals surface area contributed by atoms with Gasteiger partial charge in [0.15, 0.2) is 5.96 Å². The maximum Gasteiger partial charge on any atom is 0.191 e. The molecule has 1 aromatic carbocycles. The summed E-state index contributed by atoms with van der Waals surface area (Å²) in [5.74, 6) is 1.60. The molecule has 0 aromatic heterocycles. The average Bonchev–Trinajstić information content (AvgIpc) is 3.04. The van der Waals surface area contributed by atoms with Crippen LogP contribution >= 0.6 is 0 Å². The van der Waals surface area contributed by atoms with Gasteiger partial charge in [-0.05, 0) is 25.0 Å². The fraction of sp³-hybridized carbons (Fsp3) is 0.588. The number of aliphatic hydroxyl groups excluding tert-OH is 1. The second kappa shape index (κ2) is 9.37. The van der Waals surface area contributed by atoms with Crippen LogP contribution in [0.3, 0.4) is 0 Å². The summed E-state index contributed by atoms with van der Waals surface area (Å²) in [6.07, 6.45) is 1.71. The highest BCUT2D eigenvalue weighted by atomic mass is 16.5. The van der Waals surface area contributed by atoms with Crippen molar-refractivity contribution in [1.82, 2.24) is 10.6 Å². The van der Waals surface area contributed by atoms with Gasteiger partial charge in [0, 0.05) is 32.2 Å². The van der Waals surface area contributed by atoms with Crippen LogP contribution < -0.4 is 15.4 Å². The molecule has 0 radical (unpaired) electrons. The molecule has 0 amide bonds. The van der Waals surface area contributed by atoms with Gasteiger partial charge in [-0.1, -0.05) is 18.2 Å². The van der Waals surface area contributed by atoms with Gasteiger partial charge in [0.2, 0.25) is 0 Å². The first-order chi connectivity index (χ1) is 11.3. The molecular weight excluding hydrogens is 294 g/mol. The van der Waals surface area contributed by atoms with E-state index in [9.17, 15) is 5.11 Å². The molecule has 1 aliphatic heterocycles. The van der Waals surface area contributed by atoms with E-state index in [1.165, 1.54) is 0 Å². The molecule has 1 aliphatic rings. The zero-order valence-electron chi connectivity index (χ0n) is 13.8. The number of ether oxygens (including phenoxy) is 2. The van der Waals surface area contributed by atoms with Crippen molar-refractivity contribution in [2.75, 3.05) is 46.6 Å². The molecule has 6 nitrogen and oxygen atoms in total. The van der Waals surface area contributed by atoms with Crippen LogP contribution in [0.2, 0.25) is 0 Å². The summed E-state index contributed by atoms with van der Waals surface area (Å²) in [6, 6.07) is 9.74. The molecule has 1 fully saturated rings. The van der Waals surface area contributed by atoms with Crippen LogP contribution in [0.4, 0.5) is 0 Å². The molecule has 1 saturated heterocycles. The van der Waals surface area contributed by atoms with Crippen molar-refractivity contribution >= 4 is 5.96 Å². The first-order valence-electron chi connectivity index (χ1n) is 8.09. The van der Waals surface area contributed by atoms with Crippen molar-refractivity contribution < 1.29 is 14.6 Å². The molecule has 2 rings (SSSR count). The minimum absolute atomic E-state index is 0.00685. The largest absolute Gasteiger partial charge is 0.492 e. The highest BCUT2D eigenvalue weighted by Gasteiger charge is 2.34. The minimum Gasteiger partial charge on any atom is -0.492 e. The fourth-order valence-corrected chi connectivity index (χ4v) is 2.66. The molecule has 1 unspecified atom stereocenters. The summed E-state index contributed by atoms with van der Waals surface area (Å²) in [7, 11) is 1.75. The van der Waals surface area contributed by atoms with E-state index in [4.69, 9.17) is 9.47 Å². The third kappa shape index (κ3) is 5.73. The molecule has 0 spiro atoms. The summed E-state index contributed by atoms with van der Waals surface area (Å²) >= 11 is 0. The Hall–Kier alpha value is -1.79. The topological polar surface area (TPSA) is 75.1 Å². The van der Waals surface area contributed by atoms with Gasteiger partial charge in [0.05, 0.1) is 13.2 Å². The number of guanidine groups is 1. The predicted octanol–water partition coefficient (Wildman–Crippen LogP) is 1.02. The monoisotopic (exact) mass is 321 g/mol. The van der Waals surface area contributed by atoms with Gasteiger partial charge in [0.1, 0.15) is 12.4 Å². The molecule has 1 aromatic rings. The first kappa shape index (κ1) is 17.6. The van der Waals surface area contributed by atoms with E-state index in [1.807, 2.05) is 30.3 Å². The zero-order chi connectivity index (χ0) is 16.4. The number of aliphatic hydroxyl groups is 1. The van der Waals surface area contributed by atoms with Gasteiger partial charge in [-0.25, -0.2) is 0 Å². The van der Waals surface area contributed by atoms with Crippen molar-refractivity contribution in [2.45, 2.75) is 12.8 Å². The van der Waals surface area contributed by atoms with Crippen LogP contribution in [0.5, 0.6) is 5.75 Å². The zero-order valence-corrected chi connectivity index (χ0v) is 13.8. The van der Waals surface area contributed by atoms with Gasteiger partial charge in [-0.2, -0.15) is 0 Å². The van der Waals surface area contributed by atoms with Crippen LogP contribution in [0, 0.1) is 5.41 Å². The standard InChI is InChI=1S/C17H27N3O3/c1-18-16(19-9-12-23-15-5-3-2-4-6-15)20-13-17(7-10-21)8-11-22-14-17/h2-6,21H,7-14H2,1H3,(H2,18,19,20). The number of nitrogens with one attached hydrogen (secondary N) is 2. The van der Waals surface area contributed by atoms with E-state index >= 15 is 0 Å². The Labute approximate surface area is 137 Å².